The van der Waals surface area contributed by atoms with E-state index in [0.29, 0.717) is 5.56 Å². The first-order valence-corrected chi connectivity index (χ1v) is 8.84. The number of rotatable bonds is 4. The van der Waals surface area contributed by atoms with Gasteiger partial charge in [0, 0.05) is 18.6 Å². The van der Waals surface area contributed by atoms with Crippen LogP contribution in [0.3, 0.4) is 0 Å². The summed E-state index contributed by atoms with van der Waals surface area (Å²) in [5, 5.41) is 3.19. The number of aromatic nitrogens is 3. The quantitative estimate of drug-likeness (QED) is 0.604. The monoisotopic (exact) mass is 356 g/mol. The van der Waals surface area contributed by atoms with Gasteiger partial charge in [0.05, 0.1) is 23.5 Å². The second-order valence-corrected chi connectivity index (χ2v) is 6.57. The number of hydrogen-bond acceptors (Lipinski definition) is 3. The average Bonchev–Trinajstić information content (AvgIpc) is 3.11. The molecule has 1 N–H and O–H groups in total. The van der Waals surface area contributed by atoms with Crippen LogP contribution in [0.25, 0.3) is 5.65 Å². The molecular weight excluding hydrogens is 336 g/mol. The molecule has 0 saturated heterocycles. The van der Waals surface area contributed by atoms with E-state index in [-0.39, 0.29) is 11.9 Å². The highest BCUT2D eigenvalue weighted by molar-refractivity contribution is 5.94. The molecule has 3 heterocycles. The third-order valence-electron chi connectivity index (χ3n) is 4.77. The third-order valence-corrected chi connectivity index (χ3v) is 4.77. The van der Waals surface area contributed by atoms with E-state index < -0.39 is 0 Å². The summed E-state index contributed by atoms with van der Waals surface area (Å²) in [6.45, 7) is 4.13. The molecule has 4 aromatic rings. The minimum atomic E-state index is -0.323. The highest BCUT2D eigenvalue weighted by atomic mass is 16.1. The molecule has 0 radical (unpaired) electrons. The molecule has 3 aromatic heterocycles. The van der Waals surface area contributed by atoms with Crippen molar-refractivity contribution < 1.29 is 4.79 Å². The topological polar surface area (TPSA) is 59.3 Å². The third kappa shape index (κ3) is 3.19. The number of pyridine rings is 2. The van der Waals surface area contributed by atoms with Crippen LogP contribution in [0, 0.1) is 13.8 Å². The summed E-state index contributed by atoms with van der Waals surface area (Å²) in [4.78, 5) is 21.5. The molecular formula is C22H20N4O. The fraction of sp³-hybridized carbons (Fsp3) is 0.136. The van der Waals surface area contributed by atoms with Crippen LogP contribution in [0.5, 0.6) is 0 Å². The molecule has 0 spiro atoms. The molecule has 1 atom stereocenters. The van der Waals surface area contributed by atoms with Crippen LogP contribution in [0.15, 0.2) is 73.3 Å². The zero-order valence-electron chi connectivity index (χ0n) is 15.3. The smallest absolute Gasteiger partial charge is 0.253 e. The Bertz CT molecular complexity index is 1080. The van der Waals surface area contributed by atoms with Crippen molar-refractivity contribution in [1.29, 1.82) is 0 Å². The van der Waals surface area contributed by atoms with E-state index >= 15 is 0 Å². The zero-order valence-corrected chi connectivity index (χ0v) is 15.3. The van der Waals surface area contributed by atoms with Crippen molar-refractivity contribution in [1.82, 2.24) is 19.7 Å². The van der Waals surface area contributed by atoms with Crippen molar-refractivity contribution in [3.05, 3.63) is 101 Å². The first-order chi connectivity index (χ1) is 13.1. The molecule has 1 aromatic carbocycles. The maximum absolute atomic E-state index is 12.9. The average molecular weight is 356 g/mol. The summed E-state index contributed by atoms with van der Waals surface area (Å²) >= 11 is 0. The van der Waals surface area contributed by atoms with E-state index in [9.17, 15) is 4.79 Å². The Balaban J connectivity index is 1.84. The number of amides is 1. The summed E-state index contributed by atoms with van der Waals surface area (Å²) in [6, 6.07) is 15.2. The zero-order chi connectivity index (χ0) is 18.8. The van der Waals surface area contributed by atoms with Gasteiger partial charge in [-0.1, -0.05) is 24.3 Å². The highest BCUT2D eigenvalue weighted by Crippen LogP contribution is 2.29. The molecule has 27 heavy (non-hydrogen) atoms. The maximum Gasteiger partial charge on any atom is 0.253 e. The SMILES string of the molecule is Cc1cccc(C)c1C(NC(=O)c1cccnc1)c1cnc2ccccn12. The van der Waals surface area contributed by atoms with E-state index in [0.717, 1.165) is 28.0 Å². The number of hydrogen-bond donors (Lipinski definition) is 1. The van der Waals surface area contributed by atoms with Crippen LogP contribution >= 0.6 is 0 Å². The standard InChI is InChI=1S/C22H20N4O/c1-15-7-5-8-16(2)20(15)21(25-22(27)17-9-6-11-23-13-17)18-14-24-19-10-3-4-12-26(18)19/h3-14,21H,1-2H3,(H,25,27). The van der Waals surface area contributed by atoms with Crippen LogP contribution < -0.4 is 5.32 Å². The minimum Gasteiger partial charge on any atom is -0.339 e. The van der Waals surface area contributed by atoms with Crippen molar-refractivity contribution in [3.63, 3.8) is 0 Å². The van der Waals surface area contributed by atoms with Gasteiger partial charge in [-0.3, -0.25) is 9.78 Å². The van der Waals surface area contributed by atoms with E-state index in [1.807, 2.05) is 41.1 Å². The lowest BCUT2D eigenvalue weighted by Crippen LogP contribution is -2.31. The lowest BCUT2D eigenvalue weighted by Gasteiger charge is -2.23. The number of benzene rings is 1. The molecule has 4 rings (SSSR count). The molecule has 0 aliphatic heterocycles. The molecule has 0 saturated carbocycles. The summed E-state index contributed by atoms with van der Waals surface area (Å²) in [5.41, 5.74) is 5.62. The normalized spacial score (nSPS) is 12.1. The molecule has 5 heteroatoms. The van der Waals surface area contributed by atoms with Gasteiger partial charge in [-0.25, -0.2) is 4.98 Å². The Morgan fingerprint density at radius 2 is 1.81 bits per heavy atom. The predicted octanol–water partition coefficient (Wildman–Crippen LogP) is 3.87. The van der Waals surface area contributed by atoms with Gasteiger partial charge in [-0.05, 0) is 54.8 Å². The Morgan fingerprint density at radius 3 is 2.56 bits per heavy atom. The molecule has 5 nitrogen and oxygen atoms in total. The van der Waals surface area contributed by atoms with E-state index in [1.54, 1.807) is 24.5 Å². The van der Waals surface area contributed by atoms with Gasteiger partial charge in [0.1, 0.15) is 5.65 Å². The number of imidazole rings is 1. The molecule has 0 aliphatic carbocycles. The summed E-state index contributed by atoms with van der Waals surface area (Å²) in [7, 11) is 0. The van der Waals surface area contributed by atoms with Crippen molar-refractivity contribution in [2.45, 2.75) is 19.9 Å². The largest absolute Gasteiger partial charge is 0.339 e. The van der Waals surface area contributed by atoms with Gasteiger partial charge in [-0.2, -0.15) is 0 Å². The van der Waals surface area contributed by atoms with Crippen molar-refractivity contribution in [2.24, 2.45) is 0 Å². The Morgan fingerprint density at radius 1 is 1.00 bits per heavy atom. The van der Waals surface area contributed by atoms with Gasteiger partial charge >= 0.3 is 0 Å². The molecule has 0 aliphatic rings. The molecule has 1 amide bonds. The Labute approximate surface area is 157 Å². The van der Waals surface area contributed by atoms with Gasteiger partial charge in [-0.15, -0.1) is 0 Å². The Kier molecular flexibility index (Phi) is 4.42. The van der Waals surface area contributed by atoms with E-state index in [2.05, 4.69) is 41.3 Å². The van der Waals surface area contributed by atoms with Crippen molar-refractivity contribution in [3.8, 4) is 0 Å². The number of nitrogens with zero attached hydrogens (tertiary/aromatic N) is 3. The van der Waals surface area contributed by atoms with Crippen LogP contribution in [0.4, 0.5) is 0 Å². The molecule has 134 valence electrons. The second kappa shape index (κ2) is 7.03. The molecule has 0 fully saturated rings. The molecule has 0 bridgehead atoms. The van der Waals surface area contributed by atoms with Crippen molar-refractivity contribution in [2.75, 3.05) is 0 Å². The lowest BCUT2D eigenvalue weighted by molar-refractivity contribution is 0.0941. The first-order valence-electron chi connectivity index (χ1n) is 8.84. The van der Waals surface area contributed by atoms with Gasteiger partial charge in [0.25, 0.3) is 5.91 Å². The minimum absolute atomic E-state index is 0.165. The first kappa shape index (κ1) is 17.0. The Hall–Kier alpha value is -3.47. The highest BCUT2D eigenvalue weighted by Gasteiger charge is 2.24. The van der Waals surface area contributed by atoms with Crippen LogP contribution in [0.1, 0.15) is 38.8 Å². The summed E-state index contributed by atoms with van der Waals surface area (Å²) in [5.74, 6) is -0.165. The number of carbonyl (C=O) groups excluding carboxylic acids is 1. The van der Waals surface area contributed by atoms with E-state index in [4.69, 9.17) is 0 Å². The lowest BCUT2D eigenvalue weighted by atomic mass is 9.94. The van der Waals surface area contributed by atoms with Crippen LogP contribution in [0.2, 0.25) is 0 Å². The number of nitrogens with one attached hydrogen (secondary N) is 1. The summed E-state index contributed by atoms with van der Waals surface area (Å²) < 4.78 is 2.01. The van der Waals surface area contributed by atoms with Gasteiger partial charge < -0.3 is 9.72 Å². The van der Waals surface area contributed by atoms with E-state index in [1.165, 1.54) is 0 Å². The van der Waals surface area contributed by atoms with Crippen LogP contribution in [-0.2, 0) is 0 Å². The van der Waals surface area contributed by atoms with Crippen molar-refractivity contribution >= 4 is 11.6 Å². The number of aryl methyl sites for hydroxylation is 2. The maximum atomic E-state index is 12.9. The van der Waals surface area contributed by atoms with Crippen LogP contribution in [-0.4, -0.2) is 20.3 Å². The number of fused-ring (bicyclic) bond motifs is 1. The predicted molar refractivity (Wildman–Crippen MR) is 105 cm³/mol. The summed E-state index contributed by atoms with van der Waals surface area (Å²) in [6.07, 6.45) is 7.03. The molecule has 1 unspecified atom stereocenters. The van der Waals surface area contributed by atoms with Gasteiger partial charge in [0.2, 0.25) is 0 Å². The fourth-order valence-electron chi connectivity index (χ4n) is 3.45. The van der Waals surface area contributed by atoms with Gasteiger partial charge in [0.15, 0.2) is 0 Å². The number of carbonyl (C=O) groups is 1. The fourth-order valence-corrected chi connectivity index (χ4v) is 3.45. The second-order valence-electron chi connectivity index (χ2n) is 6.57.